The van der Waals surface area contributed by atoms with E-state index in [1.165, 1.54) is 5.56 Å². The van der Waals surface area contributed by atoms with Crippen molar-refractivity contribution in [2.24, 2.45) is 0 Å². The van der Waals surface area contributed by atoms with Crippen LogP contribution in [0.3, 0.4) is 0 Å². The van der Waals surface area contributed by atoms with Gasteiger partial charge in [0.2, 0.25) is 0 Å². The van der Waals surface area contributed by atoms with E-state index in [9.17, 15) is 9.59 Å². The molecule has 0 bridgehead atoms. The molecule has 2 aromatic rings. The highest BCUT2D eigenvalue weighted by atomic mass is 16.5. The van der Waals surface area contributed by atoms with E-state index in [1.807, 2.05) is 24.3 Å². The van der Waals surface area contributed by atoms with E-state index in [0.717, 1.165) is 18.5 Å². The molecule has 26 heavy (non-hydrogen) atoms. The van der Waals surface area contributed by atoms with Crippen LogP contribution in [0.4, 0.5) is 11.4 Å². The van der Waals surface area contributed by atoms with Gasteiger partial charge in [-0.25, -0.2) is 0 Å². The van der Waals surface area contributed by atoms with Crippen LogP contribution in [-0.4, -0.2) is 24.5 Å². The highest BCUT2D eigenvalue weighted by Gasteiger charge is 2.23. The number of ether oxygens (including phenoxy) is 1. The highest BCUT2D eigenvalue weighted by Crippen LogP contribution is 2.19. The summed E-state index contributed by atoms with van der Waals surface area (Å²) in [5.41, 5.74) is 3.05. The molecule has 1 heterocycles. The molecule has 0 spiro atoms. The molecule has 2 N–H and O–H groups in total. The largest absolute Gasteiger partial charge is 0.368 e. The molecule has 1 aliphatic rings. The highest BCUT2D eigenvalue weighted by molar-refractivity contribution is 6.05. The molecule has 3 rings (SSSR count). The first-order chi connectivity index (χ1) is 12.5. The maximum atomic E-state index is 12.5. The molecule has 0 aliphatic carbocycles. The van der Waals surface area contributed by atoms with E-state index in [0.29, 0.717) is 23.8 Å². The minimum absolute atomic E-state index is 0.163. The number of benzene rings is 2. The Labute approximate surface area is 153 Å². The number of anilines is 2. The molecule has 0 radical (unpaired) electrons. The van der Waals surface area contributed by atoms with Gasteiger partial charge in [0.05, 0.1) is 0 Å². The Bertz CT molecular complexity index is 778. The number of amides is 2. The summed E-state index contributed by atoms with van der Waals surface area (Å²) in [5, 5.41) is 5.70. The minimum atomic E-state index is -0.396. The van der Waals surface area contributed by atoms with Crippen LogP contribution in [0.5, 0.6) is 0 Å². The van der Waals surface area contributed by atoms with Crippen molar-refractivity contribution < 1.29 is 14.3 Å². The molecule has 1 saturated heterocycles. The Balaban J connectivity index is 1.64. The predicted molar refractivity (Wildman–Crippen MR) is 103 cm³/mol. The zero-order valence-corrected chi connectivity index (χ0v) is 15.1. The third-order valence-electron chi connectivity index (χ3n) is 4.45. The summed E-state index contributed by atoms with van der Waals surface area (Å²) in [6, 6.07) is 14.7. The summed E-state index contributed by atoms with van der Waals surface area (Å²) in [4.78, 5) is 24.6. The van der Waals surface area contributed by atoms with Crippen molar-refractivity contribution in [2.75, 3.05) is 17.2 Å². The summed E-state index contributed by atoms with van der Waals surface area (Å²) in [5.74, 6) is 0.0729. The first-order valence-corrected chi connectivity index (χ1v) is 8.97. The molecule has 5 nitrogen and oxygen atoms in total. The second-order valence-electron chi connectivity index (χ2n) is 6.80. The van der Waals surface area contributed by atoms with E-state index in [-0.39, 0.29) is 11.8 Å². The zero-order chi connectivity index (χ0) is 18.5. The van der Waals surface area contributed by atoms with Crippen LogP contribution in [0.25, 0.3) is 0 Å². The van der Waals surface area contributed by atoms with Gasteiger partial charge < -0.3 is 15.4 Å². The average molecular weight is 352 g/mol. The van der Waals surface area contributed by atoms with Crippen molar-refractivity contribution in [1.29, 1.82) is 0 Å². The van der Waals surface area contributed by atoms with Gasteiger partial charge in [-0.2, -0.15) is 0 Å². The van der Waals surface area contributed by atoms with Crippen LogP contribution >= 0.6 is 0 Å². The Kier molecular flexibility index (Phi) is 5.68. The van der Waals surface area contributed by atoms with Crippen LogP contribution < -0.4 is 10.6 Å². The number of carbonyl (C=O) groups is 2. The molecule has 2 amide bonds. The fraction of sp³-hybridized carbons (Fsp3) is 0.333. The van der Waals surface area contributed by atoms with Crippen molar-refractivity contribution in [1.82, 2.24) is 0 Å². The third-order valence-corrected chi connectivity index (χ3v) is 4.45. The number of hydrogen-bond acceptors (Lipinski definition) is 3. The number of carbonyl (C=O) groups excluding carboxylic acids is 2. The molecule has 1 unspecified atom stereocenters. The van der Waals surface area contributed by atoms with Gasteiger partial charge in [-0.1, -0.05) is 32.0 Å². The molecule has 0 aromatic heterocycles. The Morgan fingerprint density at radius 3 is 2.46 bits per heavy atom. The topological polar surface area (TPSA) is 67.4 Å². The van der Waals surface area contributed by atoms with Crippen LogP contribution in [-0.2, 0) is 9.53 Å². The van der Waals surface area contributed by atoms with E-state index in [1.54, 1.807) is 24.3 Å². The minimum Gasteiger partial charge on any atom is -0.368 e. The van der Waals surface area contributed by atoms with Gasteiger partial charge in [0.15, 0.2) is 0 Å². The maximum Gasteiger partial charge on any atom is 0.255 e. The third kappa shape index (κ3) is 4.49. The monoisotopic (exact) mass is 352 g/mol. The van der Waals surface area contributed by atoms with E-state index in [2.05, 4.69) is 24.5 Å². The SMILES string of the molecule is CC(C)c1ccc(NC(=O)c2cccc(NC(=O)C3CCCO3)c2)cc1. The summed E-state index contributed by atoms with van der Waals surface area (Å²) in [6.45, 7) is 4.88. The van der Waals surface area contributed by atoms with Crippen molar-refractivity contribution in [2.45, 2.75) is 38.7 Å². The zero-order valence-electron chi connectivity index (χ0n) is 15.1. The van der Waals surface area contributed by atoms with Crippen molar-refractivity contribution in [3.8, 4) is 0 Å². The fourth-order valence-electron chi connectivity index (χ4n) is 2.90. The molecule has 1 fully saturated rings. The Morgan fingerprint density at radius 1 is 1.04 bits per heavy atom. The molecule has 1 atom stereocenters. The summed E-state index contributed by atoms with van der Waals surface area (Å²) >= 11 is 0. The maximum absolute atomic E-state index is 12.5. The predicted octanol–water partition coefficient (Wildman–Crippen LogP) is 4.18. The van der Waals surface area contributed by atoms with Crippen molar-refractivity contribution in [3.05, 3.63) is 59.7 Å². The lowest BCUT2D eigenvalue weighted by Gasteiger charge is -2.12. The van der Waals surface area contributed by atoms with Crippen molar-refractivity contribution in [3.63, 3.8) is 0 Å². The summed E-state index contributed by atoms with van der Waals surface area (Å²) < 4.78 is 5.38. The standard InChI is InChI=1S/C21H24N2O3/c1-14(2)15-8-10-17(11-9-15)22-20(24)16-5-3-6-18(13-16)23-21(25)19-7-4-12-26-19/h3,5-6,8-11,13-14,19H,4,7,12H2,1-2H3,(H,22,24)(H,23,25). The first kappa shape index (κ1) is 18.1. The lowest BCUT2D eigenvalue weighted by molar-refractivity contribution is -0.124. The number of hydrogen-bond donors (Lipinski definition) is 2. The molecular formula is C21H24N2O3. The molecule has 136 valence electrons. The van der Waals surface area contributed by atoms with Gasteiger partial charge in [0.25, 0.3) is 11.8 Å². The number of nitrogens with one attached hydrogen (secondary N) is 2. The van der Waals surface area contributed by atoms with E-state index < -0.39 is 6.10 Å². The first-order valence-electron chi connectivity index (χ1n) is 8.97. The lowest BCUT2D eigenvalue weighted by atomic mass is 10.0. The summed E-state index contributed by atoms with van der Waals surface area (Å²) in [6.07, 6.45) is 1.24. The van der Waals surface area contributed by atoms with E-state index in [4.69, 9.17) is 4.74 Å². The normalized spacial score (nSPS) is 16.5. The second-order valence-corrected chi connectivity index (χ2v) is 6.80. The molecule has 0 saturated carbocycles. The van der Waals surface area contributed by atoms with Crippen molar-refractivity contribution >= 4 is 23.2 Å². The molecule has 1 aliphatic heterocycles. The van der Waals surface area contributed by atoms with Gasteiger partial charge in [0, 0.05) is 23.5 Å². The van der Waals surface area contributed by atoms with Gasteiger partial charge in [-0.05, 0) is 54.7 Å². The van der Waals surface area contributed by atoms with Gasteiger partial charge in [-0.3, -0.25) is 9.59 Å². The number of rotatable bonds is 5. The molecule has 5 heteroatoms. The van der Waals surface area contributed by atoms with E-state index >= 15 is 0 Å². The van der Waals surface area contributed by atoms with Crippen LogP contribution in [0, 0.1) is 0 Å². The Hall–Kier alpha value is -2.66. The van der Waals surface area contributed by atoms with Gasteiger partial charge in [0.1, 0.15) is 6.10 Å². The average Bonchev–Trinajstić information content (AvgIpc) is 3.17. The molecular weight excluding hydrogens is 328 g/mol. The quantitative estimate of drug-likeness (QED) is 0.848. The lowest BCUT2D eigenvalue weighted by Crippen LogP contribution is -2.27. The van der Waals surface area contributed by atoms with Gasteiger partial charge >= 0.3 is 0 Å². The van der Waals surface area contributed by atoms with Crippen LogP contribution in [0.2, 0.25) is 0 Å². The van der Waals surface area contributed by atoms with Crippen LogP contribution in [0.1, 0.15) is 48.5 Å². The second kappa shape index (κ2) is 8.15. The molecule has 2 aromatic carbocycles. The smallest absolute Gasteiger partial charge is 0.255 e. The summed E-state index contributed by atoms with van der Waals surface area (Å²) in [7, 11) is 0. The fourth-order valence-corrected chi connectivity index (χ4v) is 2.90. The van der Waals surface area contributed by atoms with Gasteiger partial charge in [-0.15, -0.1) is 0 Å². The Morgan fingerprint density at radius 2 is 1.81 bits per heavy atom. The van der Waals surface area contributed by atoms with Crippen LogP contribution in [0.15, 0.2) is 48.5 Å².